The monoisotopic (exact) mass is 196 g/mol. The van der Waals surface area contributed by atoms with E-state index in [-0.39, 0.29) is 5.41 Å². The molecule has 0 aromatic carbocycles. The smallest absolute Gasteiger partial charge is 0.300 e. The summed E-state index contributed by atoms with van der Waals surface area (Å²) in [6.07, 6.45) is 7.96. The Hall–Kier alpha value is -1.09. The number of allylic oxidation sites excluding steroid dienone is 3. The molecule has 0 aromatic heterocycles. The molecule has 3 nitrogen and oxygen atoms in total. The van der Waals surface area contributed by atoms with Crippen LogP contribution in [-0.2, 0) is 9.68 Å². The van der Waals surface area contributed by atoms with Gasteiger partial charge in [0.25, 0.3) is 0 Å². The molecule has 3 heteroatoms. The van der Waals surface area contributed by atoms with Crippen molar-refractivity contribution in [3.05, 3.63) is 24.3 Å². The van der Waals surface area contributed by atoms with Gasteiger partial charge in [0.2, 0.25) is 0 Å². The van der Waals surface area contributed by atoms with E-state index in [1.54, 1.807) is 6.08 Å². The van der Waals surface area contributed by atoms with Gasteiger partial charge in [-0.2, -0.15) is 5.26 Å². The van der Waals surface area contributed by atoms with Crippen LogP contribution in [0.2, 0.25) is 0 Å². The maximum atomic E-state index is 11.6. The van der Waals surface area contributed by atoms with Crippen LogP contribution in [0.3, 0.4) is 0 Å². The molecule has 1 atom stereocenters. The van der Waals surface area contributed by atoms with Gasteiger partial charge in [-0.05, 0) is 11.8 Å². The van der Waals surface area contributed by atoms with Gasteiger partial charge < -0.3 is 4.89 Å². The van der Waals surface area contributed by atoms with Crippen molar-refractivity contribution in [1.29, 1.82) is 0 Å². The van der Waals surface area contributed by atoms with Crippen molar-refractivity contribution >= 4 is 5.97 Å². The van der Waals surface area contributed by atoms with Crippen LogP contribution in [0.5, 0.6) is 0 Å². The Balaban J connectivity index is 3.10. The first kappa shape index (κ1) is 11.0. The second-order valence-electron chi connectivity index (χ2n) is 4.59. The summed E-state index contributed by atoms with van der Waals surface area (Å²) in [5, 5.41) is 8.51. The maximum Gasteiger partial charge on any atom is 0.352 e. The second-order valence-corrected chi connectivity index (χ2v) is 4.59. The molecule has 0 spiro atoms. The Bertz CT molecular complexity index is 283. The van der Waals surface area contributed by atoms with E-state index in [4.69, 9.17) is 5.26 Å². The molecule has 14 heavy (non-hydrogen) atoms. The lowest BCUT2D eigenvalue weighted by atomic mass is 9.63. The van der Waals surface area contributed by atoms with Crippen LogP contribution in [0, 0.1) is 10.8 Å². The summed E-state index contributed by atoms with van der Waals surface area (Å²) in [7, 11) is 0. The zero-order valence-corrected chi connectivity index (χ0v) is 8.78. The molecule has 1 aliphatic rings. The van der Waals surface area contributed by atoms with E-state index >= 15 is 0 Å². The van der Waals surface area contributed by atoms with Crippen molar-refractivity contribution in [3.8, 4) is 0 Å². The zero-order valence-electron chi connectivity index (χ0n) is 8.78. The molecule has 0 aromatic rings. The number of carbonyl (C=O) groups is 1. The molecule has 1 N–H and O–H groups in total. The van der Waals surface area contributed by atoms with E-state index in [0.29, 0.717) is 6.42 Å². The number of carbonyl (C=O) groups excluding carboxylic acids is 1. The Labute approximate surface area is 84.0 Å². The third kappa shape index (κ3) is 1.60. The summed E-state index contributed by atoms with van der Waals surface area (Å²) in [5.41, 5.74) is -1.04. The lowest BCUT2D eigenvalue weighted by molar-refractivity contribution is -0.247. The highest BCUT2D eigenvalue weighted by Gasteiger charge is 2.47. The summed E-state index contributed by atoms with van der Waals surface area (Å²) in [5.74, 6) is -0.592. The Kier molecular flexibility index (Phi) is 2.81. The molecular formula is C11H16O3. The molecule has 78 valence electrons. The van der Waals surface area contributed by atoms with Crippen molar-refractivity contribution in [2.45, 2.75) is 27.2 Å². The van der Waals surface area contributed by atoms with Gasteiger partial charge in [-0.1, -0.05) is 45.1 Å². The van der Waals surface area contributed by atoms with E-state index in [1.165, 1.54) is 0 Å². The molecule has 0 saturated carbocycles. The number of rotatable bonds is 1. The van der Waals surface area contributed by atoms with Gasteiger partial charge in [0.15, 0.2) is 0 Å². The molecule has 0 bridgehead atoms. The molecule has 1 aliphatic carbocycles. The van der Waals surface area contributed by atoms with Gasteiger partial charge in [0, 0.05) is 0 Å². The first-order valence-electron chi connectivity index (χ1n) is 4.64. The van der Waals surface area contributed by atoms with E-state index in [1.807, 2.05) is 39.0 Å². The SMILES string of the molecule is CC(C)(C)C1(C(=O)OO)C=CC=CC1. The Morgan fingerprint density at radius 2 is 2.07 bits per heavy atom. The first-order valence-corrected chi connectivity index (χ1v) is 4.64. The van der Waals surface area contributed by atoms with Crippen LogP contribution in [0.1, 0.15) is 27.2 Å². The van der Waals surface area contributed by atoms with E-state index in [9.17, 15) is 4.79 Å². The average molecular weight is 196 g/mol. The first-order chi connectivity index (χ1) is 6.44. The van der Waals surface area contributed by atoms with Crippen molar-refractivity contribution in [2.75, 3.05) is 0 Å². The largest absolute Gasteiger partial charge is 0.352 e. The summed E-state index contributed by atoms with van der Waals surface area (Å²) in [6.45, 7) is 5.86. The van der Waals surface area contributed by atoms with Crippen LogP contribution in [-0.4, -0.2) is 11.2 Å². The highest BCUT2D eigenvalue weighted by atomic mass is 17.1. The van der Waals surface area contributed by atoms with Gasteiger partial charge in [0.05, 0.1) is 5.41 Å². The lowest BCUT2D eigenvalue weighted by Gasteiger charge is -2.39. The number of hydrogen-bond acceptors (Lipinski definition) is 3. The fourth-order valence-corrected chi connectivity index (χ4v) is 1.72. The minimum absolute atomic E-state index is 0.284. The third-order valence-electron chi connectivity index (χ3n) is 2.85. The zero-order chi connectivity index (χ0) is 10.8. The van der Waals surface area contributed by atoms with Crippen LogP contribution in [0.4, 0.5) is 0 Å². The fraction of sp³-hybridized carbons (Fsp3) is 0.545. The highest BCUT2D eigenvalue weighted by molar-refractivity contribution is 5.80. The second kappa shape index (κ2) is 3.58. The predicted octanol–water partition coefficient (Wildman–Crippen LogP) is 2.55. The topological polar surface area (TPSA) is 46.5 Å². The Morgan fingerprint density at radius 3 is 2.43 bits per heavy atom. The normalized spacial score (nSPS) is 26.3. The molecule has 0 radical (unpaired) electrons. The molecule has 0 fully saturated rings. The minimum Gasteiger partial charge on any atom is -0.300 e. The van der Waals surface area contributed by atoms with Crippen molar-refractivity contribution in [2.24, 2.45) is 10.8 Å². The molecule has 1 unspecified atom stereocenters. The van der Waals surface area contributed by atoms with Crippen molar-refractivity contribution < 1.29 is 14.9 Å². The fourth-order valence-electron chi connectivity index (χ4n) is 1.72. The quantitative estimate of drug-likeness (QED) is 0.518. The van der Waals surface area contributed by atoms with Gasteiger partial charge in [0.1, 0.15) is 0 Å². The van der Waals surface area contributed by atoms with Gasteiger partial charge in [-0.3, -0.25) is 0 Å². The summed E-state index contributed by atoms with van der Waals surface area (Å²) in [4.78, 5) is 15.5. The van der Waals surface area contributed by atoms with Gasteiger partial charge in [-0.25, -0.2) is 4.79 Å². The Morgan fingerprint density at radius 1 is 1.43 bits per heavy atom. The van der Waals surface area contributed by atoms with Gasteiger partial charge in [-0.15, -0.1) is 0 Å². The molecule has 1 rings (SSSR count). The highest BCUT2D eigenvalue weighted by Crippen LogP contribution is 2.45. The average Bonchev–Trinajstić information content (AvgIpc) is 2.16. The summed E-state index contributed by atoms with van der Waals surface area (Å²) < 4.78 is 0. The molecular weight excluding hydrogens is 180 g/mol. The van der Waals surface area contributed by atoms with Crippen molar-refractivity contribution in [1.82, 2.24) is 0 Å². The van der Waals surface area contributed by atoms with E-state index in [2.05, 4.69) is 4.89 Å². The molecule has 0 aliphatic heterocycles. The van der Waals surface area contributed by atoms with Crippen LogP contribution >= 0.6 is 0 Å². The summed E-state index contributed by atoms with van der Waals surface area (Å²) >= 11 is 0. The third-order valence-corrected chi connectivity index (χ3v) is 2.85. The molecule has 0 heterocycles. The number of hydrogen-bond donors (Lipinski definition) is 1. The summed E-state index contributed by atoms with van der Waals surface area (Å²) in [6, 6.07) is 0. The molecule has 0 saturated heterocycles. The standard InChI is InChI=1S/C11H16O3/c1-10(2,3)11(9(12)14-13)7-5-4-6-8-11/h4-7,13H,8H2,1-3H3. The van der Waals surface area contributed by atoms with Gasteiger partial charge >= 0.3 is 5.97 Å². The van der Waals surface area contributed by atoms with Crippen LogP contribution in [0.15, 0.2) is 24.3 Å². The lowest BCUT2D eigenvalue weighted by Crippen LogP contribution is -2.42. The van der Waals surface area contributed by atoms with E-state index < -0.39 is 11.4 Å². The minimum atomic E-state index is -0.753. The van der Waals surface area contributed by atoms with E-state index in [0.717, 1.165) is 0 Å². The predicted molar refractivity (Wildman–Crippen MR) is 53.5 cm³/mol. The van der Waals surface area contributed by atoms with Crippen LogP contribution in [0.25, 0.3) is 0 Å². The van der Waals surface area contributed by atoms with Crippen molar-refractivity contribution in [3.63, 3.8) is 0 Å². The molecule has 0 amide bonds. The maximum absolute atomic E-state index is 11.6. The van der Waals surface area contributed by atoms with Crippen LogP contribution < -0.4 is 0 Å².